The first-order valence-electron chi connectivity index (χ1n) is 4.87. The molecule has 2 atom stereocenters. The number of piperidine rings is 1. The summed E-state index contributed by atoms with van der Waals surface area (Å²) in [4.78, 5) is 6.31. The minimum absolute atomic E-state index is 0.721. The highest BCUT2D eigenvalue weighted by Gasteiger charge is 2.23. The molecule has 76 valence electrons. The van der Waals surface area contributed by atoms with Gasteiger partial charge in [-0.1, -0.05) is 13.8 Å². The van der Waals surface area contributed by atoms with Gasteiger partial charge in [-0.2, -0.15) is 0 Å². The summed E-state index contributed by atoms with van der Waals surface area (Å²) in [7, 11) is 1.76. The monoisotopic (exact) mass is 184 g/mol. The topological polar surface area (TPSA) is 53.6 Å². The summed E-state index contributed by atoms with van der Waals surface area (Å²) in [5.74, 6) is 7.71. The molecule has 1 rings (SSSR count). The predicted molar refractivity (Wildman–Crippen MR) is 55.2 cm³/mol. The average molecular weight is 184 g/mol. The fraction of sp³-hybridized carbons (Fsp3) is 0.889. The van der Waals surface area contributed by atoms with E-state index in [2.05, 4.69) is 29.2 Å². The van der Waals surface area contributed by atoms with Crippen LogP contribution in [-0.2, 0) is 0 Å². The minimum Gasteiger partial charge on any atom is -0.342 e. The van der Waals surface area contributed by atoms with Crippen molar-refractivity contribution in [2.45, 2.75) is 20.3 Å². The van der Waals surface area contributed by atoms with Gasteiger partial charge >= 0.3 is 0 Å². The molecule has 1 fully saturated rings. The van der Waals surface area contributed by atoms with Gasteiger partial charge in [-0.05, 0) is 18.3 Å². The zero-order chi connectivity index (χ0) is 9.84. The van der Waals surface area contributed by atoms with E-state index in [1.807, 2.05) is 0 Å². The molecule has 1 saturated heterocycles. The van der Waals surface area contributed by atoms with Gasteiger partial charge in [0.05, 0.1) is 0 Å². The van der Waals surface area contributed by atoms with Crippen LogP contribution in [0.1, 0.15) is 20.3 Å². The Morgan fingerprint density at radius 1 is 1.46 bits per heavy atom. The standard InChI is InChI=1S/C9H20N4/c1-7-4-5-13(6-8(7)2)9(11-3)12-10/h7-8H,4-6,10H2,1-3H3,(H,11,12). The number of nitrogens with one attached hydrogen (secondary N) is 1. The van der Waals surface area contributed by atoms with Crippen LogP contribution >= 0.6 is 0 Å². The fourth-order valence-corrected chi connectivity index (χ4v) is 1.75. The molecule has 1 aliphatic rings. The van der Waals surface area contributed by atoms with E-state index in [4.69, 9.17) is 5.84 Å². The molecule has 1 aliphatic heterocycles. The van der Waals surface area contributed by atoms with Crippen molar-refractivity contribution < 1.29 is 0 Å². The van der Waals surface area contributed by atoms with E-state index in [1.54, 1.807) is 7.05 Å². The Labute approximate surface area is 80.2 Å². The molecule has 0 amide bonds. The van der Waals surface area contributed by atoms with Gasteiger partial charge in [-0.15, -0.1) is 0 Å². The number of rotatable bonds is 0. The lowest BCUT2D eigenvalue weighted by atomic mass is 9.89. The Bertz CT molecular complexity index is 190. The van der Waals surface area contributed by atoms with Gasteiger partial charge in [0.2, 0.25) is 5.96 Å². The van der Waals surface area contributed by atoms with Crippen molar-refractivity contribution >= 4 is 5.96 Å². The molecule has 0 saturated carbocycles. The van der Waals surface area contributed by atoms with Gasteiger partial charge in [0.25, 0.3) is 0 Å². The molecule has 0 bridgehead atoms. The van der Waals surface area contributed by atoms with Crippen molar-refractivity contribution in [3.05, 3.63) is 0 Å². The van der Waals surface area contributed by atoms with Crippen molar-refractivity contribution in [1.82, 2.24) is 10.3 Å². The van der Waals surface area contributed by atoms with Gasteiger partial charge < -0.3 is 4.90 Å². The van der Waals surface area contributed by atoms with Crippen molar-refractivity contribution in [1.29, 1.82) is 0 Å². The maximum Gasteiger partial charge on any atom is 0.208 e. The molecule has 0 aromatic carbocycles. The van der Waals surface area contributed by atoms with E-state index in [0.29, 0.717) is 0 Å². The predicted octanol–water partition coefficient (Wildman–Crippen LogP) is 0.413. The Kier molecular flexibility index (Phi) is 3.54. The molecule has 4 nitrogen and oxygen atoms in total. The van der Waals surface area contributed by atoms with Gasteiger partial charge in [0.1, 0.15) is 0 Å². The van der Waals surface area contributed by atoms with E-state index in [-0.39, 0.29) is 0 Å². The summed E-state index contributed by atoms with van der Waals surface area (Å²) in [6, 6.07) is 0. The maximum atomic E-state index is 5.37. The van der Waals surface area contributed by atoms with E-state index in [1.165, 1.54) is 6.42 Å². The van der Waals surface area contributed by atoms with Gasteiger partial charge in [-0.3, -0.25) is 10.4 Å². The molecule has 13 heavy (non-hydrogen) atoms. The number of nitrogens with zero attached hydrogens (tertiary/aromatic N) is 2. The first-order valence-corrected chi connectivity index (χ1v) is 4.87. The van der Waals surface area contributed by atoms with Crippen molar-refractivity contribution in [2.24, 2.45) is 22.7 Å². The number of guanidine groups is 1. The Morgan fingerprint density at radius 2 is 2.15 bits per heavy atom. The molecule has 0 radical (unpaired) electrons. The second-order valence-corrected chi connectivity index (χ2v) is 3.88. The van der Waals surface area contributed by atoms with Crippen molar-refractivity contribution in [2.75, 3.05) is 20.1 Å². The third-order valence-electron chi connectivity index (χ3n) is 2.97. The highest BCUT2D eigenvalue weighted by molar-refractivity contribution is 5.79. The van der Waals surface area contributed by atoms with Crippen LogP contribution in [0.3, 0.4) is 0 Å². The lowest BCUT2D eigenvalue weighted by Gasteiger charge is -2.36. The lowest BCUT2D eigenvalue weighted by molar-refractivity contribution is 0.200. The molecule has 0 aliphatic carbocycles. The van der Waals surface area contributed by atoms with E-state index < -0.39 is 0 Å². The first kappa shape index (κ1) is 10.3. The summed E-state index contributed by atoms with van der Waals surface area (Å²) >= 11 is 0. The zero-order valence-corrected chi connectivity index (χ0v) is 8.75. The van der Waals surface area contributed by atoms with Crippen LogP contribution in [0.4, 0.5) is 0 Å². The van der Waals surface area contributed by atoms with Crippen LogP contribution in [0.5, 0.6) is 0 Å². The van der Waals surface area contributed by atoms with Crippen LogP contribution in [0.2, 0.25) is 0 Å². The number of nitrogens with two attached hydrogens (primary N) is 1. The third kappa shape index (κ3) is 2.34. The molecule has 0 aromatic rings. The normalized spacial score (nSPS) is 30.5. The quantitative estimate of drug-likeness (QED) is 0.248. The van der Waals surface area contributed by atoms with Crippen molar-refractivity contribution in [3.63, 3.8) is 0 Å². The number of hydrogen-bond donors (Lipinski definition) is 2. The molecule has 1 heterocycles. The second kappa shape index (κ2) is 4.46. The zero-order valence-electron chi connectivity index (χ0n) is 8.75. The van der Waals surface area contributed by atoms with Crippen LogP contribution in [0.15, 0.2) is 4.99 Å². The minimum atomic E-state index is 0.721. The SMILES string of the molecule is CN=C(NN)N1CCC(C)C(C)C1. The number of hydrogen-bond acceptors (Lipinski definition) is 2. The Balaban J connectivity index is 2.54. The number of hydrazine groups is 1. The highest BCUT2D eigenvalue weighted by atomic mass is 15.4. The van der Waals surface area contributed by atoms with Gasteiger partial charge in [0.15, 0.2) is 0 Å². The number of aliphatic imine (C=N–C) groups is 1. The Morgan fingerprint density at radius 3 is 2.62 bits per heavy atom. The fourth-order valence-electron chi connectivity index (χ4n) is 1.75. The smallest absolute Gasteiger partial charge is 0.208 e. The third-order valence-corrected chi connectivity index (χ3v) is 2.97. The highest BCUT2D eigenvalue weighted by Crippen LogP contribution is 2.21. The molecular weight excluding hydrogens is 164 g/mol. The summed E-state index contributed by atoms with van der Waals surface area (Å²) in [5.41, 5.74) is 2.63. The molecular formula is C9H20N4. The lowest BCUT2D eigenvalue weighted by Crippen LogP contribution is -2.50. The summed E-state index contributed by atoms with van der Waals surface area (Å²) in [6.45, 7) is 6.70. The van der Waals surface area contributed by atoms with E-state index in [9.17, 15) is 0 Å². The van der Waals surface area contributed by atoms with Crippen LogP contribution < -0.4 is 11.3 Å². The molecule has 4 heteroatoms. The van der Waals surface area contributed by atoms with Gasteiger partial charge in [0, 0.05) is 20.1 Å². The van der Waals surface area contributed by atoms with Crippen LogP contribution in [0.25, 0.3) is 0 Å². The molecule has 3 N–H and O–H groups in total. The van der Waals surface area contributed by atoms with Crippen molar-refractivity contribution in [3.8, 4) is 0 Å². The van der Waals surface area contributed by atoms with Crippen LogP contribution in [0, 0.1) is 11.8 Å². The Hall–Kier alpha value is -0.770. The van der Waals surface area contributed by atoms with E-state index in [0.717, 1.165) is 30.9 Å². The van der Waals surface area contributed by atoms with Gasteiger partial charge in [-0.25, -0.2) is 5.84 Å². The summed E-state index contributed by atoms with van der Waals surface area (Å²) < 4.78 is 0. The summed E-state index contributed by atoms with van der Waals surface area (Å²) in [5, 5.41) is 0. The maximum absolute atomic E-state index is 5.37. The van der Waals surface area contributed by atoms with Crippen LogP contribution in [-0.4, -0.2) is 31.0 Å². The first-order chi connectivity index (χ1) is 6.19. The molecule has 0 spiro atoms. The largest absolute Gasteiger partial charge is 0.342 e. The van der Waals surface area contributed by atoms with E-state index >= 15 is 0 Å². The molecule has 0 aromatic heterocycles. The number of likely N-dealkylation sites (tertiary alicyclic amines) is 1. The summed E-state index contributed by atoms with van der Waals surface area (Å²) in [6.07, 6.45) is 1.22. The molecule has 2 unspecified atom stereocenters. The second-order valence-electron chi connectivity index (χ2n) is 3.88. The average Bonchev–Trinajstić information content (AvgIpc) is 2.13.